The van der Waals surface area contributed by atoms with Crippen molar-refractivity contribution in [2.24, 2.45) is 0 Å². The molecule has 0 aliphatic rings. The highest BCUT2D eigenvalue weighted by molar-refractivity contribution is 6.31. The smallest absolute Gasteiger partial charge is 0.336 e. The first kappa shape index (κ1) is 13.5. The molecule has 0 atom stereocenters. The molecule has 0 radical (unpaired) electrons. The summed E-state index contributed by atoms with van der Waals surface area (Å²) >= 11 is 5.80. The van der Waals surface area contributed by atoms with Crippen molar-refractivity contribution in [3.05, 3.63) is 64.9 Å². The number of fused-ring (bicyclic) bond motifs is 1. The summed E-state index contributed by atoms with van der Waals surface area (Å²) in [7, 11) is 0. The minimum Gasteiger partial charge on any atom is -0.478 e. The second kappa shape index (κ2) is 5.14. The lowest BCUT2D eigenvalue weighted by Crippen LogP contribution is -2.01. The number of pyridine rings is 1. The standard InChI is InChI=1S/C16H9ClFNO2/c17-10-6-11-12(16(20)21)8-14(9-4-2-1-3-5-9)19-15(11)13(18)7-10/h1-8H,(H,20,21). The van der Waals surface area contributed by atoms with Crippen molar-refractivity contribution in [3.63, 3.8) is 0 Å². The zero-order valence-electron chi connectivity index (χ0n) is 10.7. The summed E-state index contributed by atoms with van der Waals surface area (Å²) < 4.78 is 14.0. The van der Waals surface area contributed by atoms with Gasteiger partial charge in [0.1, 0.15) is 5.52 Å². The Kier molecular flexibility index (Phi) is 3.31. The molecule has 0 saturated heterocycles. The molecule has 0 fully saturated rings. The van der Waals surface area contributed by atoms with Crippen LogP contribution in [0.5, 0.6) is 0 Å². The van der Waals surface area contributed by atoms with Crippen LogP contribution in [-0.4, -0.2) is 16.1 Å². The Labute approximate surface area is 124 Å². The molecule has 104 valence electrons. The maximum Gasteiger partial charge on any atom is 0.336 e. The molecule has 1 heterocycles. The topological polar surface area (TPSA) is 50.2 Å². The molecule has 3 nitrogen and oxygen atoms in total. The van der Waals surface area contributed by atoms with E-state index in [-0.39, 0.29) is 21.5 Å². The van der Waals surface area contributed by atoms with E-state index < -0.39 is 11.8 Å². The molecule has 0 spiro atoms. The van der Waals surface area contributed by atoms with Crippen LogP contribution in [0, 0.1) is 5.82 Å². The number of carboxylic acid groups (broad SMARTS) is 1. The van der Waals surface area contributed by atoms with Crippen LogP contribution in [-0.2, 0) is 0 Å². The number of hydrogen-bond donors (Lipinski definition) is 1. The lowest BCUT2D eigenvalue weighted by Gasteiger charge is -2.08. The Hall–Kier alpha value is -2.46. The van der Waals surface area contributed by atoms with Crippen molar-refractivity contribution in [3.8, 4) is 11.3 Å². The first-order chi connectivity index (χ1) is 10.1. The fourth-order valence-electron chi connectivity index (χ4n) is 2.19. The average molecular weight is 302 g/mol. The summed E-state index contributed by atoms with van der Waals surface area (Å²) in [6.45, 7) is 0. The van der Waals surface area contributed by atoms with Crippen LogP contribution >= 0.6 is 11.6 Å². The summed E-state index contributed by atoms with van der Waals surface area (Å²) in [5.41, 5.74) is 1.09. The first-order valence-electron chi connectivity index (χ1n) is 6.15. The predicted octanol–water partition coefficient (Wildman–Crippen LogP) is 4.39. The van der Waals surface area contributed by atoms with Crippen molar-refractivity contribution in [2.45, 2.75) is 0 Å². The van der Waals surface area contributed by atoms with Gasteiger partial charge in [0.05, 0.1) is 11.3 Å². The van der Waals surface area contributed by atoms with Crippen molar-refractivity contribution in [1.29, 1.82) is 0 Å². The van der Waals surface area contributed by atoms with Gasteiger partial charge < -0.3 is 5.11 Å². The van der Waals surface area contributed by atoms with E-state index >= 15 is 0 Å². The maximum atomic E-state index is 14.0. The summed E-state index contributed by atoms with van der Waals surface area (Å²) in [5.74, 6) is -1.79. The van der Waals surface area contributed by atoms with Crippen LogP contribution in [0.3, 0.4) is 0 Å². The monoisotopic (exact) mass is 301 g/mol. The molecule has 0 aliphatic carbocycles. The lowest BCUT2D eigenvalue weighted by molar-refractivity contribution is 0.0699. The summed E-state index contributed by atoms with van der Waals surface area (Å²) in [4.78, 5) is 15.7. The Morgan fingerprint density at radius 3 is 2.52 bits per heavy atom. The SMILES string of the molecule is O=C(O)c1cc(-c2ccccc2)nc2c(F)cc(Cl)cc12. The van der Waals surface area contributed by atoms with Gasteiger partial charge in [-0.15, -0.1) is 0 Å². The molecule has 0 aliphatic heterocycles. The van der Waals surface area contributed by atoms with Gasteiger partial charge in [-0.25, -0.2) is 14.2 Å². The van der Waals surface area contributed by atoms with E-state index in [2.05, 4.69) is 4.98 Å². The van der Waals surface area contributed by atoms with E-state index in [1.807, 2.05) is 6.07 Å². The number of benzene rings is 2. The van der Waals surface area contributed by atoms with Crippen molar-refractivity contribution in [1.82, 2.24) is 4.98 Å². The van der Waals surface area contributed by atoms with Crippen molar-refractivity contribution >= 4 is 28.5 Å². The fourth-order valence-corrected chi connectivity index (χ4v) is 2.39. The van der Waals surface area contributed by atoms with Gasteiger partial charge in [0.2, 0.25) is 0 Å². The number of rotatable bonds is 2. The number of carbonyl (C=O) groups is 1. The first-order valence-corrected chi connectivity index (χ1v) is 6.52. The van der Waals surface area contributed by atoms with E-state index in [0.717, 1.165) is 11.6 Å². The Balaban J connectivity index is 2.38. The van der Waals surface area contributed by atoms with E-state index in [1.165, 1.54) is 12.1 Å². The second-order valence-corrected chi connectivity index (χ2v) is 4.95. The van der Waals surface area contributed by atoms with E-state index in [1.54, 1.807) is 24.3 Å². The Morgan fingerprint density at radius 1 is 1.14 bits per heavy atom. The molecular weight excluding hydrogens is 293 g/mol. The van der Waals surface area contributed by atoms with E-state index in [0.29, 0.717) is 5.69 Å². The van der Waals surface area contributed by atoms with Gasteiger partial charge >= 0.3 is 5.97 Å². The van der Waals surface area contributed by atoms with Gasteiger partial charge in [-0.1, -0.05) is 41.9 Å². The van der Waals surface area contributed by atoms with Gasteiger partial charge in [0, 0.05) is 16.0 Å². The van der Waals surface area contributed by atoms with Crippen molar-refractivity contribution < 1.29 is 14.3 Å². The number of halogens is 2. The zero-order chi connectivity index (χ0) is 15.0. The molecule has 0 amide bonds. The molecule has 3 rings (SSSR count). The van der Waals surface area contributed by atoms with Gasteiger partial charge in [0.25, 0.3) is 0 Å². The number of aromatic nitrogens is 1. The third-order valence-electron chi connectivity index (χ3n) is 3.13. The van der Waals surface area contributed by atoms with E-state index in [9.17, 15) is 14.3 Å². The summed E-state index contributed by atoms with van der Waals surface area (Å²) in [6.07, 6.45) is 0. The molecule has 0 saturated carbocycles. The van der Waals surface area contributed by atoms with Crippen LogP contribution in [0.1, 0.15) is 10.4 Å². The molecule has 21 heavy (non-hydrogen) atoms. The van der Waals surface area contributed by atoms with Gasteiger partial charge in [-0.05, 0) is 18.2 Å². The molecule has 0 bridgehead atoms. The molecule has 2 aromatic carbocycles. The highest BCUT2D eigenvalue weighted by atomic mass is 35.5. The maximum absolute atomic E-state index is 14.0. The van der Waals surface area contributed by atoms with Crippen LogP contribution in [0.2, 0.25) is 5.02 Å². The van der Waals surface area contributed by atoms with Crippen LogP contribution < -0.4 is 0 Å². The third-order valence-corrected chi connectivity index (χ3v) is 3.35. The average Bonchev–Trinajstić information content (AvgIpc) is 2.47. The quantitative estimate of drug-likeness (QED) is 0.763. The number of nitrogens with zero attached hydrogens (tertiary/aromatic N) is 1. The normalized spacial score (nSPS) is 10.8. The molecule has 1 aromatic heterocycles. The minimum absolute atomic E-state index is 0.00171. The Bertz CT molecular complexity index is 850. The number of aromatic carboxylic acids is 1. The van der Waals surface area contributed by atoms with Crippen molar-refractivity contribution in [2.75, 3.05) is 0 Å². The highest BCUT2D eigenvalue weighted by Crippen LogP contribution is 2.28. The second-order valence-electron chi connectivity index (χ2n) is 4.51. The third kappa shape index (κ3) is 2.45. The van der Waals surface area contributed by atoms with Crippen LogP contribution in [0.15, 0.2) is 48.5 Å². The predicted molar refractivity (Wildman–Crippen MR) is 79.1 cm³/mol. The zero-order valence-corrected chi connectivity index (χ0v) is 11.4. The molecule has 5 heteroatoms. The summed E-state index contributed by atoms with van der Waals surface area (Å²) in [6, 6.07) is 13.0. The van der Waals surface area contributed by atoms with Gasteiger partial charge in [0.15, 0.2) is 5.82 Å². The highest BCUT2D eigenvalue weighted by Gasteiger charge is 2.16. The summed E-state index contributed by atoms with van der Waals surface area (Å²) in [5, 5.41) is 9.67. The number of carboxylic acids is 1. The molecule has 1 N–H and O–H groups in total. The van der Waals surface area contributed by atoms with Gasteiger partial charge in [-0.3, -0.25) is 0 Å². The molecule has 3 aromatic rings. The fraction of sp³-hybridized carbons (Fsp3) is 0. The van der Waals surface area contributed by atoms with Gasteiger partial charge in [-0.2, -0.15) is 0 Å². The molecule has 0 unspecified atom stereocenters. The number of hydrogen-bond acceptors (Lipinski definition) is 2. The van der Waals surface area contributed by atoms with E-state index in [4.69, 9.17) is 11.6 Å². The lowest BCUT2D eigenvalue weighted by atomic mass is 10.0. The van der Waals surface area contributed by atoms with Crippen LogP contribution in [0.4, 0.5) is 4.39 Å². The Morgan fingerprint density at radius 2 is 1.86 bits per heavy atom. The molecular formula is C16H9ClFNO2. The van der Waals surface area contributed by atoms with Crippen LogP contribution in [0.25, 0.3) is 22.2 Å². The largest absolute Gasteiger partial charge is 0.478 e. The minimum atomic E-state index is -1.15.